The lowest BCUT2D eigenvalue weighted by atomic mass is 10.4. The van der Waals surface area contributed by atoms with Gasteiger partial charge in [-0.15, -0.1) is 0 Å². The van der Waals surface area contributed by atoms with Crippen LogP contribution in [0.1, 0.15) is 6.42 Å². The molecule has 122 valence electrons. The molecule has 0 aromatic heterocycles. The van der Waals surface area contributed by atoms with Crippen LogP contribution in [0, 0.1) is 0 Å². The van der Waals surface area contributed by atoms with Crippen molar-refractivity contribution in [2.24, 2.45) is 0 Å². The van der Waals surface area contributed by atoms with Crippen molar-refractivity contribution in [3.8, 4) is 0 Å². The molecule has 0 amide bonds. The molecule has 0 bridgehead atoms. The molecule has 0 saturated heterocycles. The van der Waals surface area contributed by atoms with E-state index in [4.69, 9.17) is 13.3 Å². The summed E-state index contributed by atoms with van der Waals surface area (Å²) in [7, 11) is 8.90. The van der Waals surface area contributed by atoms with Crippen molar-refractivity contribution < 1.29 is 13.3 Å². The van der Waals surface area contributed by atoms with Crippen LogP contribution in [-0.4, -0.2) is 93.8 Å². The summed E-state index contributed by atoms with van der Waals surface area (Å²) >= 11 is 0. The predicted molar refractivity (Wildman–Crippen MR) is 85.1 cm³/mol. The third-order valence-corrected chi connectivity index (χ3v) is 6.39. The summed E-state index contributed by atoms with van der Waals surface area (Å²) in [6.07, 6.45) is 1.03. The minimum absolute atomic E-state index is 0.858. The predicted octanol–water partition coefficient (Wildman–Crippen LogP) is 0.338. The Morgan fingerprint density at radius 1 is 0.850 bits per heavy atom. The number of nitrogens with zero attached hydrogens (tertiary/aromatic N) is 2. The zero-order chi connectivity index (χ0) is 15.4. The molecule has 7 heteroatoms. The molecular formula is C13H33N3O3Si. The van der Waals surface area contributed by atoms with E-state index in [2.05, 4.69) is 29.2 Å². The Hall–Kier alpha value is -0.0231. The Balaban J connectivity index is 3.79. The van der Waals surface area contributed by atoms with E-state index in [-0.39, 0.29) is 0 Å². The lowest BCUT2D eigenvalue weighted by molar-refractivity contribution is 0.121. The number of likely N-dealkylation sites (N-methyl/N-ethyl adjacent to an activating group) is 3. The highest BCUT2D eigenvalue weighted by atomic mass is 28.4. The van der Waals surface area contributed by atoms with Crippen LogP contribution in [0.5, 0.6) is 0 Å². The fourth-order valence-corrected chi connectivity index (χ4v) is 3.69. The van der Waals surface area contributed by atoms with Crippen LogP contribution >= 0.6 is 0 Å². The molecule has 0 aliphatic rings. The zero-order valence-electron chi connectivity index (χ0n) is 14.1. The van der Waals surface area contributed by atoms with Gasteiger partial charge in [-0.2, -0.15) is 0 Å². The van der Waals surface area contributed by atoms with E-state index < -0.39 is 8.80 Å². The van der Waals surface area contributed by atoms with Gasteiger partial charge in [-0.05, 0) is 34.1 Å². The highest BCUT2D eigenvalue weighted by Crippen LogP contribution is 2.14. The molecule has 6 nitrogen and oxygen atoms in total. The molecule has 0 radical (unpaired) electrons. The molecule has 1 N–H and O–H groups in total. The fourth-order valence-electron chi connectivity index (χ4n) is 1.99. The lowest BCUT2D eigenvalue weighted by Gasteiger charge is -2.26. The first-order valence-corrected chi connectivity index (χ1v) is 9.14. The van der Waals surface area contributed by atoms with Crippen molar-refractivity contribution in [3.63, 3.8) is 0 Å². The monoisotopic (exact) mass is 307 g/mol. The first kappa shape index (κ1) is 20.0. The second kappa shape index (κ2) is 11.6. The summed E-state index contributed by atoms with van der Waals surface area (Å²) in [5.41, 5.74) is 0. The van der Waals surface area contributed by atoms with Crippen LogP contribution < -0.4 is 5.32 Å². The van der Waals surface area contributed by atoms with E-state index >= 15 is 0 Å². The first-order chi connectivity index (χ1) is 9.53. The normalized spacial score (nSPS) is 12.6. The Morgan fingerprint density at radius 3 is 1.80 bits per heavy atom. The molecule has 0 saturated carbocycles. The summed E-state index contributed by atoms with van der Waals surface area (Å²) in [5, 5.41) is 3.16. The Bertz CT molecular complexity index is 223. The summed E-state index contributed by atoms with van der Waals surface area (Å²) < 4.78 is 16.3. The van der Waals surface area contributed by atoms with E-state index in [0.717, 1.165) is 45.2 Å². The van der Waals surface area contributed by atoms with E-state index in [0.29, 0.717) is 0 Å². The van der Waals surface area contributed by atoms with Crippen LogP contribution in [0.15, 0.2) is 0 Å². The maximum absolute atomic E-state index is 5.42. The third kappa shape index (κ3) is 8.31. The summed E-state index contributed by atoms with van der Waals surface area (Å²) in [5.74, 6) is 0. The van der Waals surface area contributed by atoms with Crippen molar-refractivity contribution in [1.82, 2.24) is 15.1 Å². The van der Waals surface area contributed by atoms with Crippen molar-refractivity contribution in [2.45, 2.75) is 12.5 Å². The maximum Gasteiger partial charge on any atom is 0.500 e. The Morgan fingerprint density at radius 2 is 1.35 bits per heavy atom. The van der Waals surface area contributed by atoms with Gasteiger partial charge in [-0.25, -0.2) is 0 Å². The molecule has 0 unspecified atom stereocenters. The second-order valence-electron chi connectivity index (χ2n) is 5.11. The molecular weight excluding hydrogens is 274 g/mol. The fraction of sp³-hybridized carbons (Fsp3) is 1.00. The van der Waals surface area contributed by atoms with Gasteiger partial charge >= 0.3 is 8.80 Å². The second-order valence-corrected chi connectivity index (χ2v) is 8.20. The highest BCUT2D eigenvalue weighted by molar-refractivity contribution is 6.60. The topological polar surface area (TPSA) is 46.2 Å². The molecule has 0 spiro atoms. The minimum atomic E-state index is -2.39. The number of hydrogen-bond donors (Lipinski definition) is 1. The van der Waals surface area contributed by atoms with Gasteiger partial charge in [0.1, 0.15) is 0 Å². The summed E-state index contributed by atoms with van der Waals surface area (Å²) in [6.45, 7) is 5.30. The van der Waals surface area contributed by atoms with Crippen LogP contribution in [0.25, 0.3) is 0 Å². The van der Waals surface area contributed by atoms with Gasteiger partial charge in [0, 0.05) is 53.6 Å². The lowest BCUT2D eigenvalue weighted by Crippen LogP contribution is -2.43. The molecule has 0 atom stereocenters. The molecule has 0 aliphatic carbocycles. The van der Waals surface area contributed by atoms with Gasteiger partial charge in [0.2, 0.25) is 0 Å². The summed E-state index contributed by atoms with van der Waals surface area (Å²) in [6, 6.07) is 0.858. The molecule has 0 fully saturated rings. The van der Waals surface area contributed by atoms with Crippen molar-refractivity contribution >= 4 is 8.80 Å². The maximum atomic E-state index is 5.42. The van der Waals surface area contributed by atoms with Crippen molar-refractivity contribution in [2.75, 3.05) is 75.2 Å². The number of nitrogens with one attached hydrogen (secondary N) is 1. The minimum Gasteiger partial charge on any atom is -0.377 e. The first-order valence-electron chi connectivity index (χ1n) is 7.20. The summed E-state index contributed by atoms with van der Waals surface area (Å²) in [4.78, 5) is 4.68. The van der Waals surface area contributed by atoms with E-state index in [1.807, 2.05) is 7.05 Å². The van der Waals surface area contributed by atoms with Crippen LogP contribution in [0.4, 0.5) is 0 Å². The quantitative estimate of drug-likeness (QED) is 0.495. The number of rotatable bonds is 13. The zero-order valence-corrected chi connectivity index (χ0v) is 15.1. The van der Waals surface area contributed by atoms with Crippen LogP contribution in [0.2, 0.25) is 6.04 Å². The molecule has 0 aromatic carbocycles. The van der Waals surface area contributed by atoms with E-state index in [9.17, 15) is 0 Å². The van der Waals surface area contributed by atoms with Crippen LogP contribution in [-0.2, 0) is 13.3 Å². The highest BCUT2D eigenvalue weighted by Gasteiger charge is 2.36. The molecule has 0 heterocycles. The van der Waals surface area contributed by atoms with Crippen molar-refractivity contribution in [1.29, 1.82) is 0 Å². The van der Waals surface area contributed by atoms with E-state index in [1.54, 1.807) is 21.3 Å². The van der Waals surface area contributed by atoms with Gasteiger partial charge < -0.3 is 28.4 Å². The number of hydrogen-bond acceptors (Lipinski definition) is 6. The third-order valence-electron chi connectivity index (χ3n) is 3.56. The molecule has 0 rings (SSSR count). The van der Waals surface area contributed by atoms with Gasteiger partial charge in [0.25, 0.3) is 0 Å². The van der Waals surface area contributed by atoms with E-state index in [1.165, 1.54) is 0 Å². The largest absolute Gasteiger partial charge is 0.500 e. The molecule has 0 aromatic rings. The van der Waals surface area contributed by atoms with Gasteiger partial charge in [-0.1, -0.05) is 0 Å². The SMILES string of the molecule is CNCCN(C)CCN(C)CCC[Si](OC)(OC)OC. The Labute approximate surface area is 125 Å². The van der Waals surface area contributed by atoms with Gasteiger partial charge in [0.15, 0.2) is 0 Å². The molecule has 0 aliphatic heterocycles. The van der Waals surface area contributed by atoms with Gasteiger partial charge in [-0.3, -0.25) is 0 Å². The Kier molecular flexibility index (Phi) is 11.6. The van der Waals surface area contributed by atoms with Crippen LogP contribution in [0.3, 0.4) is 0 Å². The average Bonchev–Trinajstić information content (AvgIpc) is 2.48. The van der Waals surface area contributed by atoms with Crippen molar-refractivity contribution in [3.05, 3.63) is 0 Å². The van der Waals surface area contributed by atoms with Gasteiger partial charge in [0.05, 0.1) is 0 Å². The smallest absolute Gasteiger partial charge is 0.377 e. The average molecular weight is 308 g/mol. The standard InChI is InChI=1S/C13H33N3O3Si/c1-14-8-10-16(3)12-11-15(2)9-7-13-20(17-4,18-5)19-6/h14H,7-13H2,1-6H3. The molecule has 20 heavy (non-hydrogen) atoms.